The molecule has 0 saturated carbocycles. The Kier molecular flexibility index (Phi) is 4.04. The highest BCUT2D eigenvalue weighted by Gasteiger charge is 2.34. The summed E-state index contributed by atoms with van der Waals surface area (Å²) in [4.78, 5) is 0. The number of rotatable bonds is 4. The first-order chi connectivity index (χ1) is 8.43. The van der Waals surface area contributed by atoms with Gasteiger partial charge in [0.1, 0.15) is 11.4 Å². The summed E-state index contributed by atoms with van der Waals surface area (Å²) in [5, 5.41) is 26.7. The lowest BCUT2D eigenvalue weighted by Gasteiger charge is -2.38. The molecule has 0 amide bonds. The molecule has 100 valence electrons. The van der Waals surface area contributed by atoms with E-state index in [1.165, 1.54) is 6.07 Å². The molecule has 0 spiro atoms. The lowest BCUT2D eigenvalue weighted by atomic mass is 9.96. The predicted molar refractivity (Wildman–Crippen MR) is 72.4 cm³/mol. The average molecular weight is 291 g/mol. The van der Waals surface area contributed by atoms with Crippen molar-refractivity contribution < 1.29 is 10.2 Å². The Hall–Kier alpha value is -0.520. The average Bonchev–Trinajstić information content (AvgIpc) is 2.29. The number of hydrogen-bond acceptors (Lipinski definition) is 4. The summed E-state index contributed by atoms with van der Waals surface area (Å²) >= 11 is 12.0. The summed E-state index contributed by atoms with van der Waals surface area (Å²) < 4.78 is 0. The van der Waals surface area contributed by atoms with E-state index in [1.54, 1.807) is 6.07 Å². The first kappa shape index (κ1) is 13.9. The summed E-state index contributed by atoms with van der Waals surface area (Å²) in [5.41, 5.74) is -0.158. The highest BCUT2D eigenvalue weighted by atomic mass is 35.5. The van der Waals surface area contributed by atoms with Crippen LogP contribution in [-0.4, -0.2) is 35.4 Å². The molecule has 1 fully saturated rings. The number of hydrogen-bond donors (Lipinski definition) is 4. The Morgan fingerprint density at radius 2 is 2.11 bits per heavy atom. The predicted octanol–water partition coefficient (Wildman–Crippen LogP) is 1.68. The minimum absolute atomic E-state index is 0.100. The van der Waals surface area contributed by atoms with E-state index in [2.05, 4.69) is 10.6 Å². The topological polar surface area (TPSA) is 64.5 Å². The molecule has 0 bridgehead atoms. The molecular formula is C12H16Cl2N2O2. The van der Waals surface area contributed by atoms with Gasteiger partial charge in [0.25, 0.3) is 0 Å². The van der Waals surface area contributed by atoms with Gasteiger partial charge in [0.05, 0.1) is 10.0 Å². The highest BCUT2D eigenvalue weighted by molar-refractivity contribution is 6.42. The summed E-state index contributed by atoms with van der Waals surface area (Å²) in [6.45, 7) is 3.44. The van der Waals surface area contributed by atoms with E-state index in [-0.39, 0.29) is 11.8 Å². The smallest absolute Gasteiger partial charge is 0.121 e. The van der Waals surface area contributed by atoms with E-state index < -0.39 is 5.60 Å². The monoisotopic (exact) mass is 290 g/mol. The Balaban J connectivity index is 2.08. The molecule has 4 nitrogen and oxygen atoms in total. The number of β-amino-alcohol motifs (C(OH)–C–C–N with tert-alkyl or cyclic N) is 1. The van der Waals surface area contributed by atoms with E-state index >= 15 is 0 Å². The van der Waals surface area contributed by atoms with Crippen LogP contribution in [-0.2, 0) is 0 Å². The van der Waals surface area contributed by atoms with Crippen LogP contribution in [0.2, 0.25) is 10.0 Å². The molecule has 0 aliphatic carbocycles. The third kappa shape index (κ3) is 2.73. The van der Waals surface area contributed by atoms with Crippen molar-refractivity contribution in [3.05, 3.63) is 27.7 Å². The van der Waals surface area contributed by atoms with E-state index in [4.69, 9.17) is 23.2 Å². The minimum Gasteiger partial charge on any atom is -0.508 e. The third-order valence-corrected chi connectivity index (χ3v) is 4.01. The zero-order chi connectivity index (χ0) is 13.3. The molecular weight excluding hydrogens is 275 g/mol. The fourth-order valence-corrected chi connectivity index (χ4v) is 2.44. The van der Waals surface area contributed by atoms with Crippen LogP contribution in [0.25, 0.3) is 0 Å². The largest absolute Gasteiger partial charge is 0.508 e. The summed E-state index contributed by atoms with van der Waals surface area (Å²) in [5.74, 6) is 0.100. The van der Waals surface area contributed by atoms with Gasteiger partial charge in [-0.15, -0.1) is 0 Å². The van der Waals surface area contributed by atoms with Crippen molar-refractivity contribution in [1.82, 2.24) is 10.6 Å². The van der Waals surface area contributed by atoms with Gasteiger partial charge < -0.3 is 20.8 Å². The van der Waals surface area contributed by atoms with E-state index in [0.717, 1.165) is 0 Å². The van der Waals surface area contributed by atoms with Crippen LogP contribution in [0.1, 0.15) is 18.5 Å². The quantitative estimate of drug-likeness (QED) is 0.681. The maximum atomic E-state index is 9.95. The fraction of sp³-hybridized carbons (Fsp3) is 0.500. The molecule has 1 atom stereocenters. The van der Waals surface area contributed by atoms with Gasteiger partial charge in [-0.25, -0.2) is 0 Å². The molecule has 6 heteroatoms. The van der Waals surface area contributed by atoms with Gasteiger partial charge in [0, 0.05) is 31.2 Å². The number of phenols is 1. The number of phenolic OH excluding ortho intramolecular Hbond substituents is 1. The number of benzene rings is 1. The van der Waals surface area contributed by atoms with Crippen molar-refractivity contribution in [2.75, 3.05) is 19.6 Å². The van der Waals surface area contributed by atoms with E-state index in [0.29, 0.717) is 35.2 Å². The van der Waals surface area contributed by atoms with Crippen LogP contribution in [0.4, 0.5) is 0 Å². The Morgan fingerprint density at radius 1 is 1.44 bits per heavy atom. The molecule has 4 N–H and O–H groups in total. The zero-order valence-corrected chi connectivity index (χ0v) is 11.5. The van der Waals surface area contributed by atoms with Gasteiger partial charge in [-0.2, -0.15) is 0 Å². The number of aromatic hydroxyl groups is 1. The molecule has 0 radical (unpaired) electrons. The van der Waals surface area contributed by atoms with Crippen LogP contribution in [0, 0.1) is 0 Å². The first-order valence-electron chi connectivity index (χ1n) is 5.76. The van der Waals surface area contributed by atoms with Gasteiger partial charge in [-0.05, 0) is 19.1 Å². The van der Waals surface area contributed by atoms with E-state index in [1.807, 2.05) is 6.92 Å². The molecule has 1 heterocycles. The number of aliphatic hydroxyl groups is 1. The SMILES string of the molecule is C[C@H](NCC1(O)CNC1)c1c(O)ccc(Cl)c1Cl. The minimum atomic E-state index is -0.713. The fourth-order valence-electron chi connectivity index (χ4n) is 1.95. The molecule has 0 unspecified atom stereocenters. The highest BCUT2D eigenvalue weighted by Crippen LogP contribution is 2.36. The van der Waals surface area contributed by atoms with Crippen molar-refractivity contribution >= 4 is 23.2 Å². The Labute approximate surface area is 116 Å². The number of halogens is 2. The maximum absolute atomic E-state index is 9.95. The summed E-state index contributed by atoms with van der Waals surface area (Å²) in [6.07, 6.45) is 0. The van der Waals surface area contributed by atoms with Crippen LogP contribution >= 0.6 is 23.2 Å². The van der Waals surface area contributed by atoms with Crippen LogP contribution < -0.4 is 10.6 Å². The summed E-state index contributed by atoms with van der Waals surface area (Å²) in [7, 11) is 0. The van der Waals surface area contributed by atoms with Crippen molar-refractivity contribution in [2.45, 2.75) is 18.6 Å². The lowest BCUT2D eigenvalue weighted by molar-refractivity contribution is -0.0102. The molecule has 1 aromatic carbocycles. The van der Waals surface area contributed by atoms with Crippen LogP contribution in [0.5, 0.6) is 5.75 Å². The van der Waals surface area contributed by atoms with Crippen molar-refractivity contribution in [1.29, 1.82) is 0 Å². The lowest BCUT2D eigenvalue weighted by Crippen LogP contribution is -2.64. The van der Waals surface area contributed by atoms with Gasteiger partial charge in [-0.1, -0.05) is 23.2 Å². The second-order valence-electron chi connectivity index (χ2n) is 4.72. The second kappa shape index (κ2) is 5.23. The van der Waals surface area contributed by atoms with Crippen molar-refractivity contribution in [2.24, 2.45) is 0 Å². The van der Waals surface area contributed by atoms with Crippen molar-refractivity contribution in [3.63, 3.8) is 0 Å². The first-order valence-corrected chi connectivity index (χ1v) is 6.52. The van der Waals surface area contributed by atoms with Crippen molar-refractivity contribution in [3.8, 4) is 5.75 Å². The summed E-state index contributed by atoms with van der Waals surface area (Å²) in [6, 6.07) is 2.88. The van der Waals surface area contributed by atoms with Gasteiger partial charge in [0.2, 0.25) is 0 Å². The van der Waals surface area contributed by atoms with Crippen LogP contribution in [0.15, 0.2) is 12.1 Å². The Bertz CT molecular complexity index is 450. The third-order valence-electron chi connectivity index (χ3n) is 3.19. The number of nitrogens with one attached hydrogen (secondary N) is 2. The Morgan fingerprint density at radius 3 is 2.67 bits per heavy atom. The zero-order valence-electron chi connectivity index (χ0n) is 10.0. The normalized spacial score (nSPS) is 19.3. The molecule has 1 saturated heterocycles. The van der Waals surface area contributed by atoms with Gasteiger partial charge in [0.15, 0.2) is 0 Å². The van der Waals surface area contributed by atoms with Crippen LogP contribution in [0.3, 0.4) is 0 Å². The molecule has 1 aromatic rings. The molecule has 1 aliphatic heterocycles. The van der Waals surface area contributed by atoms with Gasteiger partial charge in [-0.3, -0.25) is 0 Å². The molecule has 18 heavy (non-hydrogen) atoms. The second-order valence-corrected chi connectivity index (χ2v) is 5.51. The molecule has 2 rings (SSSR count). The molecule has 1 aliphatic rings. The maximum Gasteiger partial charge on any atom is 0.121 e. The molecule has 0 aromatic heterocycles. The van der Waals surface area contributed by atoms with E-state index in [9.17, 15) is 10.2 Å². The van der Waals surface area contributed by atoms with Gasteiger partial charge >= 0.3 is 0 Å². The standard InChI is InChI=1S/C12H16Cl2N2O2/c1-7(16-6-12(18)4-15-5-12)10-9(17)3-2-8(13)11(10)14/h2-3,7,15-18H,4-6H2,1H3/t7-/m0/s1.